The van der Waals surface area contributed by atoms with Gasteiger partial charge in [0.15, 0.2) is 5.82 Å². The quantitative estimate of drug-likeness (QED) is 0.644. The van der Waals surface area contributed by atoms with E-state index >= 15 is 0 Å². The molecule has 126 valence electrons. The number of phenols is 1. The number of para-hydroxylation sites is 1. The number of nitrogen functional groups attached to an aromatic ring is 1. The van der Waals surface area contributed by atoms with Crippen molar-refractivity contribution in [3.8, 4) is 28.8 Å². The predicted octanol–water partition coefficient (Wildman–Crippen LogP) is 2.13. The van der Waals surface area contributed by atoms with Crippen LogP contribution in [0.15, 0.2) is 30.3 Å². The fraction of sp³-hybridized carbons (Fsp3) is 0.316. The highest BCUT2D eigenvalue weighted by Crippen LogP contribution is 2.73. The molecule has 3 saturated carbocycles. The minimum absolute atomic E-state index is 0.112. The molecule has 2 aromatic rings. The third kappa shape index (κ3) is 2.31. The molecule has 2 bridgehead atoms. The summed E-state index contributed by atoms with van der Waals surface area (Å²) in [5, 5.41) is 18.0. The molecule has 1 heterocycles. The molecule has 5 rings (SSSR count). The summed E-state index contributed by atoms with van der Waals surface area (Å²) >= 11 is 0. The van der Waals surface area contributed by atoms with Gasteiger partial charge in [0.1, 0.15) is 5.75 Å². The van der Waals surface area contributed by atoms with E-state index in [1.807, 2.05) is 6.07 Å². The van der Waals surface area contributed by atoms with Crippen molar-refractivity contribution in [1.82, 2.24) is 10.2 Å². The Kier molecular flexibility index (Phi) is 3.22. The summed E-state index contributed by atoms with van der Waals surface area (Å²) in [6.45, 7) is 0. The van der Waals surface area contributed by atoms with Crippen LogP contribution < -0.4 is 5.73 Å². The van der Waals surface area contributed by atoms with Crippen molar-refractivity contribution >= 4 is 11.8 Å². The highest BCUT2D eigenvalue weighted by atomic mass is 16.5. The summed E-state index contributed by atoms with van der Waals surface area (Å²) in [5.41, 5.74) is 7.13. The molecule has 0 atom stereocenters. The molecule has 0 unspecified atom stereocenters. The van der Waals surface area contributed by atoms with E-state index in [9.17, 15) is 9.90 Å². The van der Waals surface area contributed by atoms with Gasteiger partial charge in [0.25, 0.3) is 0 Å². The first-order chi connectivity index (χ1) is 12.0. The summed E-state index contributed by atoms with van der Waals surface area (Å²) in [4.78, 5) is 11.7. The third-order valence-corrected chi connectivity index (χ3v) is 5.11. The van der Waals surface area contributed by atoms with Crippen LogP contribution in [0.5, 0.6) is 5.75 Å². The van der Waals surface area contributed by atoms with Crippen LogP contribution in [-0.4, -0.2) is 28.4 Å². The number of nitrogens with zero attached hydrogens (tertiary/aromatic N) is 2. The maximum atomic E-state index is 11.7. The molecular weight excluding hydrogens is 318 g/mol. The minimum atomic E-state index is -0.313. The van der Waals surface area contributed by atoms with E-state index < -0.39 is 0 Å². The Morgan fingerprint density at radius 2 is 2.00 bits per heavy atom. The van der Waals surface area contributed by atoms with Gasteiger partial charge in [-0.05, 0) is 37.5 Å². The summed E-state index contributed by atoms with van der Waals surface area (Å²) in [6, 6.07) is 8.63. The summed E-state index contributed by atoms with van der Waals surface area (Å²) in [5.74, 6) is 6.57. The first-order valence-electron chi connectivity index (χ1n) is 8.00. The Morgan fingerprint density at radius 1 is 1.28 bits per heavy atom. The lowest BCUT2D eigenvalue weighted by Crippen LogP contribution is -2.65. The van der Waals surface area contributed by atoms with Gasteiger partial charge < -0.3 is 15.6 Å². The van der Waals surface area contributed by atoms with Crippen LogP contribution >= 0.6 is 0 Å². The van der Waals surface area contributed by atoms with Gasteiger partial charge in [-0.3, -0.25) is 4.79 Å². The molecule has 6 nitrogen and oxygen atoms in total. The number of ether oxygens (including phenoxy) is 1. The zero-order valence-corrected chi connectivity index (χ0v) is 13.7. The van der Waals surface area contributed by atoms with Crippen LogP contribution in [0, 0.1) is 22.7 Å². The number of hydrogen-bond donors (Lipinski definition) is 2. The Labute approximate surface area is 145 Å². The van der Waals surface area contributed by atoms with Crippen molar-refractivity contribution in [2.75, 3.05) is 12.8 Å². The van der Waals surface area contributed by atoms with Crippen molar-refractivity contribution in [3.63, 3.8) is 0 Å². The number of aromatic hydroxyl groups is 1. The predicted molar refractivity (Wildman–Crippen MR) is 91.2 cm³/mol. The van der Waals surface area contributed by atoms with E-state index in [0.29, 0.717) is 16.8 Å². The highest BCUT2D eigenvalue weighted by molar-refractivity contribution is 5.82. The number of rotatable bonds is 2. The Morgan fingerprint density at radius 3 is 2.68 bits per heavy atom. The van der Waals surface area contributed by atoms with Crippen molar-refractivity contribution in [3.05, 3.63) is 35.9 Å². The fourth-order valence-corrected chi connectivity index (χ4v) is 3.88. The molecule has 6 heteroatoms. The number of phenolic OH excluding ortho intramolecular Hbond substituents is 1. The number of benzene rings is 1. The van der Waals surface area contributed by atoms with Crippen LogP contribution in [0.25, 0.3) is 11.3 Å². The molecule has 0 radical (unpaired) electrons. The summed E-state index contributed by atoms with van der Waals surface area (Å²) in [6.07, 6.45) is 2.22. The number of nitrogens with two attached hydrogens (primary N) is 1. The van der Waals surface area contributed by atoms with Crippen molar-refractivity contribution in [2.24, 2.45) is 10.8 Å². The number of hydrogen-bond acceptors (Lipinski definition) is 6. The zero-order chi connectivity index (χ0) is 17.7. The normalized spacial score (nSPS) is 25.8. The largest absolute Gasteiger partial charge is 0.507 e. The Balaban J connectivity index is 1.59. The molecule has 3 aliphatic rings. The average Bonchev–Trinajstić information content (AvgIpc) is 2.54. The number of esters is 1. The van der Waals surface area contributed by atoms with Gasteiger partial charge in [-0.2, -0.15) is 0 Å². The van der Waals surface area contributed by atoms with E-state index in [1.54, 1.807) is 24.3 Å². The van der Waals surface area contributed by atoms with Crippen molar-refractivity contribution < 1.29 is 14.6 Å². The van der Waals surface area contributed by atoms with E-state index in [-0.39, 0.29) is 28.4 Å². The molecule has 1 aromatic carbocycles. The second kappa shape index (κ2) is 5.21. The molecule has 3 aliphatic carbocycles. The monoisotopic (exact) mass is 335 g/mol. The van der Waals surface area contributed by atoms with Gasteiger partial charge in [0.2, 0.25) is 0 Å². The van der Waals surface area contributed by atoms with Crippen LogP contribution in [0.4, 0.5) is 5.82 Å². The molecular formula is C19H17N3O3. The third-order valence-electron chi connectivity index (χ3n) is 5.11. The van der Waals surface area contributed by atoms with Crippen molar-refractivity contribution in [2.45, 2.75) is 19.3 Å². The summed E-state index contributed by atoms with van der Waals surface area (Å²) in [7, 11) is 1.42. The summed E-state index contributed by atoms with van der Waals surface area (Å²) < 4.78 is 4.85. The van der Waals surface area contributed by atoms with Gasteiger partial charge in [-0.25, -0.2) is 0 Å². The smallest absolute Gasteiger partial charge is 0.311 e. The van der Waals surface area contributed by atoms with Crippen LogP contribution in [0.3, 0.4) is 0 Å². The van der Waals surface area contributed by atoms with Gasteiger partial charge in [0, 0.05) is 11.0 Å². The SMILES string of the molecule is COC(=O)C12CC(C#Cc3cc(-c4ccccc4O)nnc3N)(C1)C2. The molecule has 0 aliphatic heterocycles. The van der Waals surface area contributed by atoms with Gasteiger partial charge in [-0.1, -0.05) is 24.0 Å². The van der Waals surface area contributed by atoms with E-state index in [0.717, 1.165) is 19.3 Å². The number of carbonyl (C=O) groups is 1. The fourth-order valence-electron chi connectivity index (χ4n) is 3.88. The van der Waals surface area contributed by atoms with Gasteiger partial charge in [0.05, 0.1) is 23.8 Å². The van der Waals surface area contributed by atoms with Crippen LogP contribution in [0.2, 0.25) is 0 Å². The lowest BCUT2D eigenvalue weighted by atomic mass is 9.35. The van der Waals surface area contributed by atoms with Crippen LogP contribution in [-0.2, 0) is 9.53 Å². The molecule has 0 amide bonds. The highest BCUT2D eigenvalue weighted by Gasteiger charge is 2.71. The molecule has 3 N–H and O–H groups in total. The lowest BCUT2D eigenvalue weighted by Gasteiger charge is -2.65. The van der Waals surface area contributed by atoms with Gasteiger partial charge >= 0.3 is 5.97 Å². The van der Waals surface area contributed by atoms with E-state index in [2.05, 4.69) is 22.0 Å². The standard InChI is InChI=1S/C19H17N3O3/c1-25-17(24)19-9-18(10-19,11-19)7-6-12-8-14(21-22-16(12)20)13-4-2-3-5-15(13)23/h2-5,8,23H,9-11H2,1H3,(H2,20,22). The maximum Gasteiger partial charge on any atom is 0.311 e. The van der Waals surface area contributed by atoms with E-state index in [4.69, 9.17) is 10.5 Å². The molecule has 0 spiro atoms. The topological polar surface area (TPSA) is 98.3 Å². The van der Waals surface area contributed by atoms with Crippen molar-refractivity contribution in [1.29, 1.82) is 0 Å². The second-order valence-electron chi connectivity index (χ2n) is 6.88. The van der Waals surface area contributed by atoms with E-state index in [1.165, 1.54) is 7.11 Å². The first kappa shape index (κ1) is 15.5. The Hall–Kier alpha value is -3.07. The molecule has 1 aromatic heterocycles. The van der Waals surface area contributed by atoms with Gasteiger partial charge in [-0.15, -0.1) is 10.2 Å². The first-order valence-corrected chi connectivity index (χ1v) is 8.00. The molecule has 25 heavy (non-hydrogen) atoms. The lowest BCUT2D eigenvalue weighted by molar-refractivity contribution is -0.205. The second-order valence-corrected chi connectivity index (χ2v) is 6.88. The van der Waals surface area contributed by atoms with Crippen LogP contribution in [0.1, 0.15) is 24.8 Å². The number of carbonyl (C=O) groups excluding carboxylic acids is 1. The molecule has 0 saturated heterocycles. The number of anilines is 1. The Bertz CT molecular complexity index is 923. The number of aromatic nitrogens is 2. The minimum Gasteiger partial charge on any atom is -0.507 e. The molecule has 3 fully saturated rings. The number of methoxy groups -OCH3 is 1. The zero-order valence-electron chi connectivity index (χ0n) is 13.7. The average molecular weight is 335 g/mol. The maximum absolute atomic E-state index is 11.7.